The molecule has 1 aromatic carbocycles. The van der Waals surface area contributed by atoms with E-state index >= 15 is 0 Å². The first-order chi connectivity index (χ1) is 18.0. The number of furan rings is 1. The normalized spacial score (nSPS) is 21.9. The van der Waals surface area contributed by atoms with Gasteiger partial charge in [-0.15, -0.1) is 0 Å². The summed E-state index contributed by atoms with van der Waals surface area (Å²) in [7, 11) is 4.00. The van der Waals surface area contributed by atoms with Crippen LogP contribution in [-0.4, -0.2) is 47.9 Å². The number of aromatic amines is 1. The summed E-state index contributed by atoms with van der Waals surface area (Å²) in [6, 6.07) is 10.1. The molecule has 5 rings (SSSR count). The summed E-state index contributed by atoms with van der Waals surface area (Å²) in [5, 5.41) is 1.24. The number of aromatic nitrogens is 1. The molecule has 3 aromatic rings. The van der Waals surface area contributed by atoms with Gasteiger partial charge in [0.05, 0.1) is 31.7 Å². The highest BCUT2D eigenvalue weighted by Gasteiger charge is 2.34. The number of amides is 1. The molecule has 37 heavy (non-hydrogen) atoms. The number of nitrogens with one attached hydrogen (secondary N) is 1. The van der Waals surface area contributed by atoms with Gasteiger partial charge in [-0.1, -0.05) is 42.8 Å². The van der Waals surface area contributed by atoms with Crippen molar-refractivity contribution in [2.24, 2.45) is 0 Å². The van der Waals surface area contributed by atoms with E-state index in [9.17, 15) is 4.79 Å². The molecule has 1 amide bonds. The maximum Gasteiger partial charge on any atom is 0.247 e. The third-order valence-corrected chi connectivity index (χ3v) is 7.11. The van der Waals surface area contributed by atoms with Gasteiger partial charge in [-0.25, -0.2) is 0 Å². The zero-order chi connectivity index (χ0) is 25.8. The molecule has 0 fully saturated rings. The molecule has 0 unspecified atom stereocenters. The minimum absolute atomic E-state index is 0.0150. The first-order valence-corrected chi connectivity index (χ1v) is 13.0. The Balaban J connectivity index is 1.56. The fourth-order valence-corrected chi connectivity index (χ4v) is 5.27. The van der Waals surface area contributed by atoms with Crippen molar-refractivity contribution in [2.45, 2.75) is 38.8 Å². The third-order valence-electron chi connectivity index (χ3n) is 7.11. The molecule has 6 heteroatoms. The van der Waals surface area contributed by atoms with Crippen LogP contribution in [0.15, 0.2) is 82.7 Å². The highest BCUT2D eigenvalue weighted by Crippen LogP contribution is 2.40. The molecule has 2 aliphatic heterocycles. The van der Waals surface area contributed by atoms with E-state index in [2.05, 4.69) is 53.2 Å². The SMILES string of the molecule is CC\C1=C/C([C@@H]2c3[nH]c4ccccc4c3CCN2C(=O)/C=C/c2ccoc2CN(C)C)=C\C=C\OCC1. The van der Waals surface area contributed by atoms with Crippen LogP contribution in [0.25, 0.3) is 17.0 Å². The van der Waals surface area contributed by atoms with Gasteiger partial charge in [0.25, 0.3) is 0 Å². The van der Waals surface area contributed by atoms with E-state index in [1.54, 1.807) is 18.6 Å². The number of carbonyl (C=O) groups is 1. The number of carbonyl (C=O) groups excluding carboxylic acids is 1. The number of fused-ring (bicyclic) bond motifs is 3. The maximum atomic E-state index is 13.8. The lowest BCUT2D eigenvalue weighted by atomic mass is 9.90. The number of H-pyrrole nitrogens is 1. The lowest BCUT2D eigenvalue weighted by molar-refractivity contribution is -0.128. The van der Waals surface area contributed by atoms with Crippen LogP contribution in [0.2, 0.25) is 0 Å². The first kappa shape index (κ1) is 24.9. The Morgan fingerprint density at radius 2 is 2.08 bits per heavy atom. The van der Waals surface area contributed by atoms with Gasteiger partial charge in [-0.3, -0.25) is 4.79 Å². The Labute approximate surface area is 218 Å². The summed E-state index contributed by atoms with van der Waals surface area (Å²) in [6.45, 7) is 4.15. The summed E-state index contributed by atoms with van der Waals surface area (Å²) in [5.74, 6) is 0.834. The lowest BCUT2D eigenvalue weighted by Crippen LogP contribution is -2.40. The van der Waals surface area contributed by atoms with Crippen LogP contribution in [0.1, 0.15) is 48.4 Å². The number of allylic oxidation sites excluding steroid dienone is 2. The van der Waals surface area contributed by atoms with Crippen LogP contribution in [-0.2, 0) is 22.5 Å². The second kappa shape index (κ2) is 11.1. The first-order valence-electron chi connectivity index (χ1n) is 13.0. The number of hydrogen-bond acceptors (Lipinski definition) is 4. The predicted octanol–water partition coefficient (Wildman–Crippen LogP) is 6.16. The van der Waals surface area contributed by atoms with E-state index in [1.807, 2.05) is 37.2 Å². The van der Waals surface area contributed by atoms with E-state index in [0.717, 1.165) is 47.4 Å². The summed E-state index contributed by atoms with van der Waals surface area (Å²) >= 11 is 0. The minimum Gasteiger partial charge on any atom is -0.501 e. The zero-order valence-corrected chi connectivity index (χ0v) is 21.9. The van der Waals surface area contributed by atoms with Gasteiger partial charge in [0.2, 0.25) is 5.91 Å². The van der Waals surface area contributed by atoms with E-state index in [0.29, 0.717) is 19.7 Å². The van der Waals surface area contributed by atoms with Gasteiger partial charge in [0.1, 0.15) is 5.76 Å². The minimum atomic E-state index is -0.219. The monoisotopic (exact) mass is 497 g/mol. The largest absolute Gasteiger partial charge is 0.501 e. The van der Waals surface area contributed by atoms with Gasteiger partial charge in [0.15, 0.2) is 0 Å². The predicted molar refractivity (Wildman–Crippen MR) is 148 cm³/mol. The number of hydrogen-bond donors (Lipinski definition) is 1. The Morgan fingerprint density at radius 3 is 2.92 bits per heavy atom. The van der Waals surface area contributed by atoms with E-state index in [4.69, 9.17) is 9.15 Å². The van der Waals surface area contributed by atoms with Crippen molar-refractivity contribution in [1.29, 1.82) is 0 Å². The molecule has 6 nitrogen and oxygen atoms in total. The average molecular weight is 498 g/mol. The molecule has 0 saturated heterocycles. The summed E-state index contributed by atoms with van der Waals surface area (Å²) < 4.78 is 11.3. The molecule has 0 radical (unpaired) electrons. The summed E-state index contributed by atoms with van der Waals surface area (Å²) in [4.78, 5) is 21.5. The molecule has 2 aliphatic rings. The number of nitrogens with zero attached hydrogens (tertiary/aromatic N) is 2. The molecule has 1 atom stereocenters. The Bertz CT molecular complexity index is 1390. The fourth-order valence-electron chi connectivity index (χ4n) is 5.27. The van der Waals surface area contributed by atoms with Gasteiger partial charge < -0.3 is 23.9 Å². The van der Waals surface area contributed by atoms with Gasteiger partial charge in [-0.05, 0) is 62.4 Å². The quantitative estimate of drug-likeness (QED) is 0.415. The molecule has 1 N–H and O–H groups in total. The van der Waals surface area contributed by atoms with Crippen LogP contribution in [0, 0.1) is 0 Å². The maximum absolute atomic E-state index is 13.8. The molecule has 2 aromatic heterocycles. The van der Waals surface area contributed by atoms with Crippen molar-refractivity contribution in [1.82, 2.24) is 14.8 Å². The van der Waals surface area contributed by atoms with E-state index in [-0.39, 0.29) is 11.9 Å². The topological polar surface area (TPSA) is 61.7 Å². The van der Waals surface area contributed by atoms with Gasteiger partial charge in [-0.2, -0.15) is 0 Å². The summed E-state index contributed by atoms with van der Waals surface area (Å²) in [5.41, 5.74) is 6.83. The molecule has 192 valence electrons. The van der Waals surface area contributed by atoms with Crippen LogP contribution < -0.4 is 0 Å². The molecular formula is C31H35N3O3. The van der Waals surface area contributed by atoms with Crippen molar-refractivity contribution in [3.05, 3.63) is 101 Å². The van der Waals surface area contributed by atoms with Crippen molar-refractivity contribution in [3.63, 3.8) is 0 Å². The number of benzene rings is 1. The Hall–Kier alpha value is -3.77. The van der Waals surface area contributed by atoms with Crippen LogP contribution in [0.4, 0.5) is 0 Å². The highest BCUT2D eigenvalue weighted by molar-refractivity contribution is 5.93. The van der Waals surface area contributed by atoms with E-state index < -0.39 is 0 Å². The van der Waals surface area contributed by atoms with Gasteiger partial charge >= 0.3 is 0 Å². The van der Waals surface area contributed by atoms with Crippen molar-refractivity contribution in [2.75, 3.05) is 27.2 Å². The van der Waals surface area contributed by atoms with Crippen LogP contribution >= 0.6 is 0 Å². The Kier molecular flexibility index (Phi) is 7.47. The number of rotatable bonds is 6. The van der Waals surface area contributed by atoms with Crippen molar-refractivity contribution < 1.29 is 13.9 Å². The number of para-hydroxylation sites is 1. The third kappa shape index (κ3) is 5.35. The molecule has 4 heterocycles. The van der Waals surface area contributed by atoms with Gasteiger partial charge in [0, 0.05) is 41.2 Å². The lowest BCUT2D eigenvalue weighted by Gasteiger charge is -2.36. The zero-order valence-electron chi connectivity index (χ0n) is 21.9. The number of ether oxygens (including phenoxy) is 1. The average Bonchev–Trinajstić information content (AvgIpc) is 3.52. The molecule has 0 spiro atoms. The molecule has 0 aliphatic carbocycles. The summed E-state index contributed by atoms with van der Waals surface area (Å²) in [6.07, 6.45) is 15.9. The standard InChI is InChI=1S/C31H35N3O3/c1-4-22-14-18-36-17-7-8-24(20-22)31-30-26(25-9-5-6-10-27(25)32-30)13-16-34(31)29(35)12-11-23-15-19-37-28(23)21-33(2)3/h5-12,15,17,19-20,31-32H,4,13-14,16,18,21H2,1-3H3/b12-11+,17-7+,22-20+,24-8+/t31-/m1/s1. The van der Waals surface area contributed by atoms with Crippen LogP contribution in [0.5, 0.6) is 0 Å². The molecule has 0 saturated carbocycles. The van der Waals surface area contributed by atoms with E-state index in [1.165, 1.54) is 16.5 Å². The second-order valence-corrected chi connectivity index (χ2v) is 9.89. The Morgan fingerprint density at radius 1 is 1.22 bits per heavy atom. The van der Waals surface area contributed by atoms with Crippen molar-refractivity contribution >= 4 is 22.9 Å². The van der Waals surface area contributed by atoms with Crippen LogP contribution in [0.3, 0.4) is 0 Å². The highest BCUT2D eigenvalue weighted by atomic mass is 16.5. The van der Waals surface area contributed by atoms with Crippen molar-refractivity contribution in [3.8, 4) is 0 Å². The smallest absolute Gasteiger partial charge is 0.247 e. The second-order valence-electron chi connectivity index (χ2n) is 9.89. The fraction of sp³-hybridized carbons (Fsp3) is 0.323. The molecular weight excluding hydrogens is 462 g/mol. The molecule has 0 bridgehead atoms.